The third-order valence-electron chi connectivity index (χ3n) is 2.98. The van der Waals surface area contributed by atoms with E-state index in [1.165, 1.54) is 7.11 Å². The van der Waals surface area contributed by atoms with Crippen LogP contribution in [0.15, 0.2) is 12.1 Å². The summed E-state index contributed by atoms with van der Waals surface area (Å²) in [6.45, 7) is 5.78. The van der Waals surface area contributed by atoms with Crippen molar-refractivity contribution in [3.8, 4) is 5.75 Å². The van der Waals surface area contributed by atoms with E-state index in [-0.39, 0.29) is 11.7 Å². The van der Waals surface area contributed by atoms with Gasteiger partial charge in [-0.25, -0.2) is 4.98 Å². The van der Waals surface area contributed by atoms with E-state index >= 15 is 0 Å². The maximum atomic E-state index is 12.2. The molecule has 1 heterocycles. The van der Waals surface area contributed by atoms with Crippen LogP contribution in [0.4, 0.5) is 5.69 Å². The van der Waals surface area contributed by atoms with Crippen LogP contribution in [-0.4, -0.2) is 28.2 Å². The number of nitrogens with zero attached hydrogens (tertiary/aromatic N) is 2. The number of anilines is 1. The molecule has 0 fully saturated rings. The molecule has 1 aromatic carbocycles. The van der Waals surface area contributed by atoms with Crippen molar-refractivity contribution < 1.29 is 9.53 Å². The van der Waals surface area contributed by atoms with Crippen LogP contribution in [0.25, 0.3) is 0 Å². The molecule has 2 aromatic rings. The number of hydrogen-bond acceptors (Lipinski definition) is 4. The molecule has 7 heteroatoms. The average Bonchev–Trinajstić information content (AvgIpc) is 2.92. The number of benzene rings is 1. The number of aromatic nitrogens is 3. The first kappa shape index (κ1) is 15.3. The number of methoxy groups -OCH3 is 1. The van der Waals surface area contributed by atoms with Crippen molar-refractivity contribution in [3.63, 3.8) is 0 Å². The van der Waals surface area contributed by atoms with Gasteiger partial charge in [-0.1, -0.05) is 25.4 Å². The first-order valence-electron chi connectivity index (χ1n) is 6.50. The van der Waals surface area contributed by atoms with Crippen LogP contribution in [0.3, 0.4) is 0 Å². The van der Waals surface area contributed by atoms with Crippen LogP contribution >= 0.6 is 11.6 Å². The number of aryl methyl sites for hydroxylation is 1. The molecule has 0 aliphatic carbocycles. The molecular weight excluding hydrogens is 292 g/mol. The van der Waals surface area contributed by atoms with Crippen molar-refractivity contribution >= 4 is 23.2 Å². The van der Waals surface area contributed by atoms with Gasteiger partial charge in [-0.2, -0.15) is 0 Å². The smallest absolute Gasteiger partial charge is 0.295 e. The van der Waals surface area contributed by atoms with Gasteiger partial charge in [0, 0.05) is 17.0 Å². The van der Waals surface area contributed by atoms with E-state index < -0.39 is 5.91 Å². The standard InChI is InChI=1S/C14H17ClN4O2/c1-7(2)12-17-13(19-18-12)14(20)16-10-5-8(3)9(15)6-11(10)21-4/h5-7H,1-4H3,(H,16,20)(H,17,18,19). The largest absolute Gasteiger partial charge is 0.495 e. The van der Waals surface area contributed by atoms with Crippen molar-refractivity contribution in [1.29, 1.82) is 0 Å². The predicted octanol–water partition coefficient (Wildman–Crippen LogP) is 3.15. The molecule has 2 rings (SSSR count). The zero-order chi connectivity index (χ0) is 15.6. The van der Waals surface area contributed by atoms with Crippen molar-refractivity contribution in [1.82, 2.24) is 15.2 Å². The Morgan fingerprint density at radius 1 is 1.43 bits per heavy atom. The lowest BCUT2D eigenvalue weighted by Crippen LogP contribution is -2.14. The van der Waals surface area contributed by atoms with Crippen LogP contribution in [0.1, 0.15) is 41.8 Å². The van der Waals surface area contributed by atoms with Gasteiger partial charge < -0.3 is 10.1 Å². The number of aromatic amines is 1. The third kappa shape index (κ3) is 3.33. The number of halogens is 1. The van der Waals surface area contributed by atoms with E-state index in [1.807, 2.05) is 20.8 Å². The summed E-state index contributed by atoms with van der Waals surface area (Å²) in [5.41, 5.74) is 1.37. The molecule has 6 nitrogen and oxygen atoms in total. The summed E-state index contributed by atoms with van der Waals surface area (Å²) in [6.07, 6.45) is 0. The second-order valence-electron chi connectivity index (χ2n) is 4.95. The summed E-state index contributed by atoms with van der Waals surface area (Å²) in [5, 5.41) is 9.97. The van der Waals surface area contributed by atoms with Crippen molar-refractivity contribution in [2.75, 3.05) is 12.4 Å². The molecule has 2 N–H and O–H groups in total. The van der Waals surface area contributed by atoms with Crippen LogP contribution in [-0.2, 0) is 0 Å². The number of H-pyrrole nitrogens is 1. The van der Waals surface area contributed by atoms with Gasteiger partial charge in [0.1, 0.15) is 11.6 Å². The van der Waals surface area contributed by atoms with Gasteiger partial charge >= 0.3 is 0 Å². The molecule has 0 spiro atoms. The molecule has 1 amide bonds. The quantitative estimate of drug-likeness (QED) is 0.909. The Balaban J connectivity index is 2.24. The molecule has 1 aromatic heterocycles. The van der Waals surface area contributed by atoms with Crippen LogP contribution < -0.4 is 10.1 Å². The Bertz CT molecular complexity index is 667. The Hall–Kier alpha value is -2.08. The summed E-state index contributed by atoms with van der Waals surface area (Å²) in [5.74, 6) is 1.01. The minimum absolute atomic E-state index is 0.0911. The molecular formula is C14H17ClN4O2. The summed E-state index contributed by atoms with van der Waals surface area (Å²) >= 11 is 6.03. The monoisotopic (exact) mass is 308 g/mol. The second-order valence-corrected chi connectivity index (χ2v) is 5.36. The average molecular weight is 309 g/mol. The zero-order valence-electron chi connectivity index (χ0n) is 12.3. The summed E-state index contributed by atoms with van der Waals surface area (Å²) in [6, 6.07) is 3.40. The summed E-state index contributed by atoms with van der Waals surface area (Å²) in [4.78, 5) is 16.3. The number of ether oxygens (including phenoxy) is 1. The van der Waals surface area contributed by atoms with E-state index in [0.29, 0.717) is 22.3 Å². The van der Waals surface area contributed by atoms with E-state index in [2.05, 4.69) is 20.5 Å². The molecule has 0 radical (unpaired) electrons. The van der Waals surface area contributed by atoms with Gasteiger partial charge in [-0.05, 0) is 18.6 Å². The minimum Gasteiger partial charge on any atom is -0.495 e. The highest BCUT2D eigenvalue weighted by Crippen LogP contribution is 2.31. The fourth-order valence-electron chi connectivity index (χ4n) is 1.74. The Kier molecular flexibility index (Phi) is 4.47. The highest BCUT2D eigenvalue weighted by Gasteiger charge is 2.16. The maximum absolute atomic E-state index is 12.2. The lowest BCUT2D eigenvalue weighted by molar-refractivity contribution is 0.101. The SMILES string of the molecule is COc1cc(Cl)c(C)cc1NC(=O)c1n[nH]c(C(C)C)n1. The predicted molar refractivity (Wildman–Crippen MR) is 81.2 cm³/mol. The van der Waals surface area contributed by atoms with Crippen molar-refractivity contribution in [2.24, 2.45) is 0 Å². The number of carbonyl (C=O) groups is 1. The van der Waals surface area contributed by atoms with E-state index in [9.17, 15) is 4.79 Å². The third-order valence-corrected chi connectivity index (χ3v) is 3.39. The lowest BCUT2D eigenvalue weighted by Gasteiger charge is -2.11. The first-order valence-corrected chi connectivity index (χ1v) is 6.88. The Morgan fingerprint density at radius 2 is 2.14 bits per heavy atom. The number of amides is 1. The normalized spacial score (nSPS) is 10.8. The minimum atomic E-state index is -0.404. The van der Waals surface area contributed by atoms with Gasteiger partial charge in [-0.3, -0.25) is 9.89 Å². The fourth-order valence-corrected chi connectivity index (χ4v) is 1.90. The molecule has 0 saturated carbocycles. The van der Waals surface area contributed by atoms with E-state index in [1.54, 1.807) is 12.1 Å². The molecule has 0 saturated heterocycles. The lowest BCUT2D eigenvalue weighted by atomic mass is 10.2. The van der Waals surface area contributed by atoms with Gasteiger partial charge in [0.05, 0.1) is 12.8 Å². The highest BCUT2D eigenvalue weighted by atomic mass is 35.5. The van der Waals surface area contributed by atoms with E-state index in [4.69, 9.17) is 16.3 Å². The second kappa shape index (κ2) is 6.13. The molecule has 0 aliphatic heterocycles. The number of carbonyl (C=O) groups excluding carboxylic acids is 1. The number of rotatable bonds is 4. The topological polar surface area (TPSA) is 79.9 Å². The number of nitrogens with one attached hydrogen (secondary N) is 2. The first-order chi connectivity index (χ1) is 9.92. The van der Waals surface area contributed by atoms with Gasteiger partial charge in [0.2, 0.25) is 5.82 Å². The van der Waals surface area contributed by atoms with Gasteiger partial charge in [0.25, 0.3) is 5.91 Å². The van der Waals surface area contributed by atoms with Crippen LogP contribution in [0, 0.1) is 6.92 Å². The van der Waals surface area contributed by atoms with Crippen LogP contribution in [0.2, 0.25) is 5.02 Å². The summed E-state index contributed by atoms with van der Waals surface area (Å²) in [7, 11) is 1.51. The Labute approximate surface area is 127 Å². The highest BCUT2D eigenvalue weighted by molar-refractivity contribution is 6.31. The fraction of sp³-hybridized carbons (Fsp3) is 0.357. The van der Waals surface area contributed by atoms with Crippen molar-refractivity contribution in [2.45, 2.75) is 26.7 Å². The molecule has 0 bridgehead atoms. The van der Waals surface area contributed by atoms with Gasteiger partial charge in [-0.15, -0.1) is 5.10 Å². The molecule has 0 unspecified atom stereocenters. The molecule has 21 heavy (non-hydrogen) atoms. The molecule has 112 valence electrons. The van der Waals surface area contributed by atoms with Crippen LogP contribution in [0.5, 0.6) is 5.75 Å². The molecule has 0 atom stereocenters. The Morgan fingerprint density at radius 3 is 2.71 bits per heavy atom. The maximum Gasteiger partial charge on any atom is 0.295 e. The van der Waals surface area contributed by atoms with Gasteiger partial charge in [0.15, 0.2) is 0 Å². The molecule has 0 aliphatic rings. The zero-order valence-corrected chi connectivity index (χ0v) is 13.1. The van der Waals surface area contributed by atoms with Crippen molar-refractivity contribution in [3.05, 3.63) is 34.4 Å². The van der Waals surface area contributed by atoms with E-state index in [0.717, 1.165) is 5.56 Å². The number of hydrogen-bond donors (Lipinski definition) is 2. The summed E-state index contributed by atoms with van der Waals surface area (Å²) < 4.78 is 5.21.